The number of carboxylic acids is 1. The fourth-order valence-corrected chi connectivity index (χ4v) is 2.03. The van der Waals surface area contributed by atoms with E-state index in [9.17, 15) is 4.79 Å². The van der Waals surface area contributed by atoms with Gasteiger partial charge < -0.3 is 10.1 Å². The highest BCUT2D eigenvalue weighted by atomic mass is 79.9. The standard InChI is InChI=1S/C10H5BrN2O2/c11-9-8(10(14)15)6-3-5(4-12)1-2-7(6)13-9/h1-3,13H,(H,14,15). The second-order valence-electron chi connectivity index (χ2n) is 2.99. The van der Waals surface area contributed by atoms with Crippen molar-refractivity contribution in [1.29, 1.82) is 5.26 Å². The summed E-state index contributed by atoms with van der Waals surface area (Å²) in [6.45, 7) is 0. The number of hydrogen-bond acceptors (Lipinski definition) is 2. The monoisotopic (exact) mass is 264 g/mol. The number of fused-ring (bicyclic) bond motifs is 1. The molecule has 0 unspecified atom stereocenters. The van der Waals surface area contributed by atoms with E-state index in [1.165, 1.54) is 0 Å². The van der Waals surface area contributed by atoms with E-state index in [4.69, 9.17) is 10.4 Å². The van der Waals surface area contributed by atoms with E-state index >= 15 is 0 Å². The second kappa shape index (κ2) is 3.41. The van der Waals surface area contributed by atoms with Gasteiger partial charge >= 0.3 is 5.97 Å². The van der Waals surface area contributed by atoms with Gasteiger partial charge in [0.25, 0.3) is 0 Å². The number of nitrogens with zero attached hydrogens (tertiary/aromatic N) is 1. The molecule has 2 rings (SSSR count). The highest BCUT2D eigenvalue weighted by Crippen LogP contribution is 2.27. The molecule has 4 nitrogen and oxygen atoms in total. The summed E-state index contributed by atoms with van der Waals surface area (Å²) in [7, 11) is 0. The minimum atomic E-state index is -1.02. The molecule has 0 radical (unpaired) electrons. The predicted octanol–water partition coefficient (Wildman–Crippen LogP) is 2.50. The molecule has 2 N–H and O–H groups in total. The van der Waals surface area contributed by atoms with E-state index < -0.39 is 5.97 Å². The molecule has 0 aliphatic carbocycles. The van der Waals surface area contributed by atoms with Crippen molar-refractivity contribution in [1.82, 2.24) is 4.98 Å². The molecule has 74 valence electrons. The van der Waals surface area contributed by atoms with Crippen molar-refractivity contribution in [2.45, 2.75) is 0 Å². The lowest BCUT2D eigenvalue weighted by Gasteiger charge is -1.93. The lowest BCUT2D eigenvalue weighted by Crippen LogP contribution is -1.95. The van der Waals surface area contributed by atoms with Crippen LogP contribution in [0.15, 0.2) is 22.8 Å². The van der Waals surface area contributed by atoms with Gasteiger partial charge in [-0.3, -0.25) is 0 Å². The fourth-order valence-electron chi connectivity index (χ4n) is 1.44. The van der Waals surface area contributed by atoms with Gasteiger partial charge in [-0.25, -0.2) is 4.79 Å². The molecule has 0 saturated carbocycles. The smallest absolute Gasteiger partial charge is 0.339 e. The number of H-pyrrole nitrogens is 1. The van der Waals surface area contributed by atoms with E-state index in [0.717, 1.165) is 0 Å². The number of aromatic carboxylic acids is 1. The first-order valence-corrected chi connectivity index (χ1v) is 4.87. The second-order valence-corrected chi connectivity index (χ2v) is 3.78. The molecule has 0 saturated heterocycles. The number of carboxylic acid groups (broad SMARTS) is 1. The molecule has 5 heteroatoms. The van der Waals surface area contributed by atoms with Crippen LogP contribution >= 0.6 is 15.9 Å². The van der Waals surface area contributed by atoms with Gasteiger partial charge in [-0.15, -0.1) is 0 Å². The van der Waals surface area contributed by atoms with Crippen molar-refractivity contribution in [3.8, 4) is 6.07 Å². The van der Waals surface area contributed by atoms with Crippen LogP contribution in [0.1, 0.15) is 15.9 Å². The van der Waals surface area contributed by atoms with E-state index in [1.54, 1.807) is 18.2 Å². The average molecular weight is 265 g/mol. The maximum atomic E-state index is 11.0. The Balaban J connectivity index is 2.85. The quantitative estimate of drug-likeness (QED) is 0.831. The zero-order valence-electron chi connectivity index (χ0n) is 7.41. The molecular formula is C10H5BrN2O2. The van der Waals surface area contributed by atoms with Gasteiger partial charge in [-0.05, 0) is 34.1 Å². The van der Waals surface area contributed by atoms with Crippen molar-refractivity contribution < 1.29 is 9.90 Å². The minimum absolute atomic E-state index is 0.155. The Labute approximate surface area is 93.3 Å². The Morgan fingerprint density at radius 2 is 2.27 bits per heavy atom. The molecule has 0 aliphatic rings. The summed E-state index contributed by atoms with van der Waals surface area (Å²) in [4.78, 5) is 13.8. The molecule has 1 heterocycles. The molecule has 15 heavy (non-hydrogen) atoms. The van der Waals surface area contributed by atoms with E-state index in [2.05, 4.69) is 20.9 Å². The Morgan fingerprint density at radius 1 is 1.53 bits per heavy atom. The number of aromatic amines is 1. The summed E-state index contributed by atoms with van der Waals surface area (Å²) in [5.41, 5.74) is 1.29. The molecule has 1 aromatic heterocycles. The van der Waals surface area contributed by atoms with Gasteiger partial charge in [0.2, 0.25) is 0 Å². The number of hydrogen-bond donors (Lipinski definition) is 2. The number of aromatic nitrogens is 1. The maximum absolute atomic E-state index is 11.0. The van der Waals surface area contributed by atoms with Gasteiger partial charge in [0, 0.05) is 10.9 Å². The average Bonchev–Trinajstić information content (AvgIpc) is 2.52. The largest absolute Gasteiger partial charge is 0.478 e. The number of nitrogens with one attached hydrogen (secondary N) is 1. The first-order chi connectivity index (χ1) is 7.13. The Hall–Kier alpha value is -1.80. The highest BCUT2D eigenvalue weighted by Gasteiger charge is 2.16. The number of benzene rings is 1. The summed E-state index contributed by atoms with van der Waals surface area (Å²) < 4.78 is 0.417. The molecule has 0 atom stereocenters. The van der Waals surface area contributed by atoms with E-state index in [0.29, 0.717) is 21.1 Å². The summed E-state index contributed by atoms with van der Waals surface area (Å²) >= 11 is 3.14. The number of halogens is 1. The van der Waals surface area contributed by atoms with Crippen LogP contribution in [-0.4, -0.2) is 16.1 Å². The van der Waals surface area contributed by atoms with Crippen LogP contribution in [0.25, 0.3) is 10.9 Å². The van der Waals surface area contributed by atoms with Gasteiger partial charge in [-0.2, -0.15) is 5.26 Å². The first kappa shape index (κ1) is 9.74. The van der Waals surface area contributed by atoms with Crippen molar-refractivity contribution in [3.63, 3.8) is 0 Å². The highest BCUT2D eigenvalue weighted by molar-refractivity contribution is 9.10. The van der Waals surface area contributed by atoms with Crippen LogP contribution in [0.5, 0.6) is 0 Å². The van der Waals surface area contributed by atoms with Crippen LogP contribution in [0.2, 0.25) is 0 Å². The van der Waals surface area contributed by atoms with Gasteiger partial charge in [-0.1, -0.05) is 0 Å². The summed E-state index contributed by atoms with van der Waals surface area (Å²) in [6, 6.07) is 6.85. The van der Waals surface area contributed by atoms with Gasteiger partial charge in [0.1, 0.15) is 0 Å². The first-order valence-electron chi connectivity index (χ1n) is 4.08. The summed E-state index contributed by atoms with van der Waals surface area (Å²) in [6.07, 6.45) is 0. The van der Waals surface area contributed by atoms with Gasteiger partial charge in [0.15, 0.2) is 0 Å². The van der Waals surface area contributed by atoms with Crippen molar-refractivity contribution in [2.75, 3.05) is 0 Å². The number of nitriles is 1. The Bertz CT molecular complexity index is 595. The molecule has 0 bridgehead atoms. The zero-order valence-corrected chi connectivity index (χ0v) is 9.00. The molecule has 2 aromatic rings. The summed E-state index contributed by atoms with van der Waals surface area (Å²) in [5.74, 6) is -1.02. The predicted molar refractivity (Wildman–Crippen MR) is 57.7 cm³/mol. The molecular weight excluding hydrogens is 260 g/mol. The van der Waals surface area contributed by atoms with Crippen LogP contribution in [0.4, 0.5) is 0 Å². The van der Waals surface area contributed by atoms with Crippen LogP contribution in [-0.2, 0) is 0 Å². The molecule has 0 amide bonds. The van der Waals surface area contributed by atoms with E-state index in [1.807, 2.05) is 6.07 Å². The fraction of sp³-hybridized carbons (Fsp3) is 0. The lowest BCUT2D eigenvalue weighted by molar-refractivity contribution is 0.0698. The minimum Gasteiger partial charge on any atom is -0.478 e. The SMILES string of the molecule is N#Cc1ccc2[nH]c(Br)c(C(=O)O)c2c1. The number of rotatable bonds is 1. The third-order valence-corrected chi connectivity index (χ3v) is 2.69. The van der Waals surface area contributed by atoms with Crippen molar-refractivity contribution >= 4 is 32.8 Å². The topological polar surface area (TPSA) is 76.9 Å². The van der Waals surface area contributed by atoms with Gasteiger partial charge in [0.05, 0.1) is 21.8 Å². The van der Waals surface area contributed by atoms with Crippen LogP contribution in [0.3, 0.4) is 0 Å². The molecule has 0 spiro atoms. The lowest BCUT2D eigenvalue weighted by atomic mass is 10.1. The Morgan fingerprint density at radius 3 is 2.87 bits per heavy atom. The van der Waals surface area contributed by atoms with Crippen molar-refractivity contribution in [2.24, 2.45) is 0 Å². The number of carbonyl (C=O) groups is 1. The van der Waals surface area contributed by atoms with E-state index in [-0.39, 0.29) is 5.56 Å². The Kier molecular flexibility index (Phi) is 2.21. The van der Waals surface area contributed by atoms with Crippen molar-refractivity contribution in [3.05, 3.63) is 33.9 Å². The zero-order chi connectivity index (χ0) is 11.0. The normalized spacial score (nSPS) is 10.1. The third kappa shape index (κ3) is 1.49. The third-order valence-electron chi connectivity index (χ3n) is 2.10. The molecule has 1 aromatic carbocycles. The summed E-state index contributed by atoms with van der Waals surface area (Å²) in [5, 5.41) is 18.2. The van der Waals surface area contributed by atoms with Crippen LogP contribution in [0, 0.1) is 11.3 Å². The molecule has 0 fully saturated rings. The molecule has 0 aliphatic heterocycles. The van der Waals surface area contributed by atoms with Crippen LogP contribution < -0.4 is 0 Å². The maximum Gasteiger partial charge on any atom is 0.339 e.